The second kappa shape index (κ2) is 12.1. The molecule has 3 atom stereocenters. The number of benzene rings is 3. The molecule has 4 rings (SSSR count). The highest BCUT2D eigenvalue weighted by molar-refractivity contribution is 7.99. The van der Waals surface area contributed by atoms with E-state index >= 15 is 0 Å². The fourth-order valence-electron chi connectivity index (χ4n) is 3.92. The van der Waals surface area contributed by atoms with Crippen LogP contribution in [0.1, 0.15) is 42.4 Å². The number of anilines is 2. The average Bonchev–Trinajstić information content (AvgIpc) is 2.88. The SMILES string of the molecule is CCNC(=O)Nc1cccc(C2OC(CSc3ccccc3N)CC(c3ccc(CO)cc3)O2)c1. The minimum absolute atomic E-state index is 0.000698. The average molecular weight is 494 g/mol. The molecule has 0 bridgehead atoms. The molecule has 3 aromatic carbocycles. The number of rotatable bonds is 8. The van der Waals surface area contributed by atoms with Gasteiger partial charge in [-0.3, -0.25) is 0 Å². The first kappa shape index (κ1) is 25.1. The molecule has 1 fully saturated rings. The molecule has 0 saturated carbocycles. The third-order valence-corrected chi connectivity index (χ3v) is 6.93. The number of hydrogen-bond acceptors (Lipinski definition) is 6. The maximum atomic E-state index is 12.0. The standard InChI is InChI=1S/C27H31N3O4S/c1-2-29-27(32)30-21-7-5-6-20(14-21)26-33-22(17-35-25-9-4-3-8-23(25)28)15-24(34-26)19-12-10-18(16-31)11-13-19/h3-14,22,24,26,31H,2,15-17,28H2,1H3,(H2,29,30,32). The zero-order valence-electron chi connectivity index (χ0n) is 19.6. The van der Waals surface area contributed by atoms with Crippen molar-refractivity contribution in [3.05, 3.63) is 89.5 Å². The van der Waals surface area contributed by atoms with Crippen LogP contribution in [-0.2, 0) is 16.1 Å². The molecule has 1 heterocycles. The molecular formula is C27H31N3O4S. The summed E-state index contributed by atoms with van der Waals surface area (Å²) in [6, 6.07) is 22.9. The zero-order valence-corrected chi connectivity index (χ0v) is 20.5. The lowest BCUT2D eigenvalue weighted by Gasteiger charge is -2.36. The number of hydrogen-bond donors (Lipinski definition) is 4. The summed E-state index contributed by atoms with van der Waals surface area (Å²) >= 11 is 1.67. The Hall–Kier alpha value is -3.04. The van der Waals surface area contributed by atoms with E-state index in [2.05, 4.69) is 10.6 Å². The number of nitrogens with one attached hydrogen (secondary N) is 2. The van der Waals surface area contributed by atoms with Crippen LogP contribution in [0.3, 0.4) is 0 Å². The van der Waals surface area contributed by atoms with Crippen molar-refractivity contribution >= 4 is 29.2 Å². The van der Waals surface area contributed by atoms with Gasteiger partial charge in [-0.05, 0) is 42.3 Å². The quantitative estimate of drug-likeness (QED) is 0.253. The Morgan fingerprint density at radius 3 is 2.60 bits per heavy atom. The molecule has 0 aromatic heterocycles. The molecule has 2 amide bonds. The van der Waals surface area contributed by atoms with E-state index in [1.807, 2.05) is 79.7 Å². The number of carbonyl (C=O) groups is 1. The minimum atomic E-state index is -0.596. The van der Waals surface area contributed by atoms with E-state index in [4.69, 9.17) is 15.2 Å². The van der Waals surface area contributed by atoms with Crippen LogP contribution in [0.25, 0.3) is 0 Å². The number of thioether (sulfide) groups is 1. The van der Waals surface area contributed by atoms with Gasteiger partial charge in [0.15, 0.2) is 6.29 Å². The number of para-hydroxylation sites is 1. The number of ether oxygens (including phenoxy) is 2. The Morgan fingerprint density at radius 2 is 1.86 bits per heavy atom. The van der Waals surface area contributed by atoms with Gasteiger partial charge in [0, 0.05) is 40.6 Å². The lowest BCUT2D eigenvalue weighted by atomic mass is 10.0. The predicted octanol–water partition coefficient (Wildman–Crippen LogP) is 5.24. The van der Waals surface area contributed by atoms with Gasteiger partial charge in [0.1, 0.15) is 0 Å². The number of nitrogens with two attached hydrogens (primary N) is 1. The molecule has 1 aliphatic rings. The minimum Gasteiger partial charge on any atom is -0.398 e. The number of carbonyl (C=O) groups excluding carboxylic acids is 1. The van der Waals surface area contributed by atoms with Crippen molar-refractivity contribution in [3.63, 3.8) is 0 Å². The van der Waals surface area contributed by atoms with Crippen molar-refractivity contribution in [2.45, 2.75) is 43.3 Å². The molecule has 8 heteroatoms. The largest absolute Gasteiger partial charge is 0.398 e. The van der Waals surface area contributed by atoms with Crippen molar-refractivity contribution in [3.8, 4) is 0 Å². The van der Waals surface area contributed by atoms with E-state index in [1.54, 1.807) is 11.8 Å². The molecule has 3 unspecified atom stereocenters. The normalized spacial score (nSPS) is 19.8. The first-order valence-electron chi connectivity index (χ1n) is 11.7. The molecule has 0 aliphatic carbocycles. The highest BCUT2D eigenvalue weighted by Crippen LogP contribution is 2.40. The monoisotopic (exact) mass is 493 g/mol. The van der Waals surface area contributed by atoms with Crippen molar-refractivity contribution in [1.29, 1.82) is 0 Å². The summed E-state index contributed by atoms with van der Waals surface area (Å²) in [5, 5.41) is 15.0. The molecule has 1 aliphatic heterocycles. The first-order chi connectivity index (χ1) is 17.1. The van der Waals surface area contributed by atoms with Gasteiger partial charge in [0.05, 0.1) is 18.8 Å². The summed E-state index contributed by atoms with van der Waals surface area (Å²) in [5.41, 5.74) is 10.3. The summed E-state index contributed by atoms with van der Waals surface area (Å²) in [7, 11) is 0. The van der Waals surface area contributed by atoms with E-state index in [0.29, 0.717) is 18.7 Å². The summed E-state index contributed by atoms with van der Waals surface area (Å²) in [4.78, 5) is 13.0. The second-order valence-electron chi connectivity index (χ2n) is 8.31. The van der Waals surface area contributed by atoms with Gasteiger partial charge in [-0.2, -0.15) is 0 Å². The maximum Gasteiger partial charge on any atom is 0.319 e. The number of urea groups is 1. The fourth-order valence-corrected chi connectivity index (χ4v) is 4.91. The van der Waals surface area contributed by atoms with Crippen molar-refractivity contribution in [2.24, 2.45) is 0 Å². The van der Waals surface area contributed by atoms with Crippen LogP contribution in [0, 0.1) is 0 Å². The van der Waals surface area contributed by atoms with E-state index in [1.165, 1.54) is 0 Å². The molecule has 5 N–H and O–H groups in total. The van der Waals surface area contributed by atoms with Gasteiger partial charge >= 0.3 is 6.03 Å². The molecule has 3 aromatic rings. The molecule has 35 heavy (non-hydrogen) atoms. The van der Waals surface area contributed by atoms with E-state index < -0.39 is 6.29 Å². The van der Waals surface area contributed by atoms with Crippen LogP contribution >= 0.6 is 11.8 Å². The van der Waals surface area contributed by atoms with Gasteiger partial charge in [-0.15, -0.1) is 11.8 Å². The van der Waals surface area contributed by atoms with Gasteiger partial charge in [-0.25, -0.2) is 4.79 Å². The Bertz CT molecular complexity index is 1130. The van der Waals surface area contributed by atoms with Crippen molar-refractivity contribution in [1.82, 2.24) is 5.32 Å². The van der Waals surface area contributed by atoms with Crippen molar-refractivity contribution in [2.75, 3.05) is 23.3 Å². The van der Waals surface area contributed by atoms with Crippen LogP contribution in [0.5, 0.6) is 0 Å². The van der Waals surface area contributed by atoms with E-state index in [0.717, 1.165) is 33.0 Å². The fraction of sp³-hybridized carbons (Fsp3) is 0.296. The van der Waals surface area contributed by atoms with Gasteiger partial charge in [0.25, 0.3) is 0 Å². The topological polar surface area (TPSA) is 106 Å². The summed E-state index contributed by atoms with van der Waals surface area (Å²) < 4.78 is 12.8. The molecule has 7 nitrogen and oxygen atoms in total. The van der Waals surface area contributed by atoms with Crippen LogP contribution < -0.4 is 16.4 Å². The Labute approximate surface area is 210 Å². The van der Waals surface area contributed by atoms with Crippen LogP contribution in [0.4, 0.5) is 16.2 Å². The van der Waals surface area contributed by atoms with Crippen LogP contribution in [0.15, 0.2) is 77.7 Å². The van der Waals surface area contributed by atoms with Crippen LogP contribution in [0.2, 0.25) is 0 Å². The lowest BCUT2D eigenvalue weighted by Crippen LogP contribution is -2.31. The smallest absolute Gasteiger partial charge is 0.319 e. The number of aliphatic hydroxyl groups is 1. The number of aliphatic hydroxyl groups excluding tert-OH is 1. The summed E-state index contributed by atoms with van der Waals surface area (Å²) in [6.45, 7) is 2.41. The second-order valence-corrected chi connectivity index (χ2v) is 9.37. The molecule has 184 valence electrons. The first-order valence-corrected chi connectivity index (χ1v) is 12.7. The summed E-state index contributed by atoms with van der Waals surface area (Å²) in [5.74, 6) is 0.718. The van der Waals surface area contributed by atoms with Gasteiger partial charge in [0.2, 0.25) is 0 Å². The number of amides is 2. The molecule has 0 spiro atoms. The zero-order chi connectivity index (χ0) is 24.6. The highest BCUT2D eigenvalue weighted by atomic mass is 32.2. The Balaban J connectivity index is 1.54. The Morgan fingerprint density at radius 1 is 1.06 bits per heavy atom. The molecule has 1 saturated heterocycles. The van der Waals surface area contributed by atoms with E-state index in [-0.39, 0.29) is 24.8 Å². The third kappa shape index (κ3) is 6.76. The highest BCUT2D eigenvalue weighted by Gasteiger charge is 2.32. The Kier molecular flexibility index (Phi) is 8.65. The van der Waals surface area contributed by atoms with Gasteiger partial charge < -0.3 is 30.9 Å². The third-order valence-electron chi connectivity index (χ3n) is 5.71. The van der Waals surface area contributed by atoms with Gasteiger partial charge in [-0.1, -0.05) is 48.5 Å². The molecule has 0 radical (unpaired) electrons. The predicted molar refractivity (Wildman–Crippen MR) is 139 cm³/mol. The van der Waals surface area contributed by atoms with Crippen LogP contribution in [-0.4, -0.2) is 29.5 Å². The van der Waals surface area contributed by atoms with Crippen molar-refractivity contribution < 1.29 is 19.4 Å². The van der Waals surface area contributed by atoms with E-state index in [9.17, 15) is 9.90 Å². The summed E-state index contributed by atoms with van der Waals surface area (Å²) in [6.07, 6.45) is -0.173. The number of nitrogen functional groups attached to an aromatic ring is 1. The molecular weight excluding hydrogens is 462 g/mol. The maximum absolute atomic E-state index is 12.0. The lowest BCUT2D eigenvalue weighted by molar-refractivity contribution is -0.245.